The summed E-state index contributed by atoms with van der Waals surface area (Å²) >= 11 is 0. The minimum atomic E-state index is -3.72. The number of hydrogen-bond donors (Lipinski definition) is 1. The van der Waals surface area contributed by atoms with E-state index in [4.69, 9.17) is 4.74 Å². The van der Waals surface area contributed by atoms with Gasteiger partial charge in [0.25, 0.3) is 10.0 Å². The molecule has 2 aromatic carbocycles. The first-order chi connectivity index (χ1) is 10.5. The van der Waals surface area contributed by atoms with Gasteiger partial charge in [0.2, 0.25) is 5.90 Å². The SMILES string of the molecule is CCO/C(=N\NS(=O)(=O)c1ccc(C)cc1)c1ccccc1. The molecule has 0 bridgehead atoms. The van der Waals surface area contributed by atoms with Crippen LogP contribution in [0.2, 0.25) is 0 Å². The van der Waals surface area contributed by atoms with Crippen molar-refractivity contribution in [3.05, 3.63) is 65.7 Å². The number of rotatable bonds is 5. The number of hydrazone groups is 1. The lowest BCUT2D eigenvalue weighted by atomic mass is 10.2. The molecule has 6 heteroatoms. The van der Waals surface area contributed by atoms with Crippen molar-refractivity contribution >= 4 is 15.9 Å². The van der Waals surface area contributed by atoms with E-state index in [0.29, 0.717) is 12.2 Å². The van der Waals surface area contributed by atoms with Gasteiger partial charge in [-0.3, -0.25) is 0 Å². The first-order valence-electron chi connectivity index (χ1n) is 6.87. The maximum atomic E-state index is 12.2. The molecule has 22 heavy (non-hydrogen) atoms. The quantitative estimate of drug-likeness (QED) is 0.523. The minimum Gasteiger partial charge on any atom is -0.477 e. The Labute approximate surface area is 130 Å². The molecule has 0 atom stereocenters. The van der Waals surface area contributed by atoms with Crippen LogP contribution in [0.15, 0.2) is 64.6 Å². The predicted octanol–water partition coefficient (Wildman–Crippen LogP) is 2.67. The molecule has 0 aliphatic rings. The molecule has 0 fully saturated rings. The summed E-state index contributed by atoms with van der Waals surface area (Å²) in [5, 5.41) is 3.91. The maximum absolute atomic E-state index is 12.2. The number of nitrogens with zero attached hydrogens (tertiary/aromatic N) is 1. The van der Waals surface area contributed by atoms with Gasteiger partial charge >= 0.3 is 0 Å². The fraction of sp³-hybridized carbons (Fsp3) is 0.188. The van der Waals surface area contributed by atoms with Crippen molar-refractivity contribution in [3.8, 4) is 0 Å². The Kier molecular flexibility index (Phi) is 5.16. The van der Waals surface area contributed by atoms with Gasteiger partial charge in [0.1, 0.15) is 0 Å². The highest BCUT2D eigenvalue weighted by Crippen LogP contribution is 2.10. The van der Waals surface area contributed by atoms with E-state index in [1.165, 1.54) is 12.1 Å². The Hall–Kier alpha value is -2.34. The number of nitrogens with one attached hydrogen (secondary N) is 1. The van der Waals surface area contributed by atoms with Gasteiger partial charge in [0.15, 0.2) is 0 Å². The molecule has 0 radical (unpaired) electrons. The van der Waals surface area contributed by atoms with Crippen LogP contribution in [0.1, 0.15) is 18.1 Å². The zero-order valence-corrected chi connectivity index (χ0v) is 13.3. The monoisotopic (exact) mass is 318 g/mol. The van der Waals surface area contributed by atoms with E-state index < -0.39 is 10.0 Å². The smallest absolute Gasteiger partial charge is 0.276 e. The number of benzene rings is 2. The summed E-state index contributed by atoms with van der Waals surface area (Å²) in [6, 6.07) is 15.7. The normalized spacial score (nSPS) is 12.0. The standard InChI is InChI=1S/C16H18N2O3S/c1-3-21-16(14-7-5-4-6-8-14)17-18-22(19,20)15-11-9-13(2)10-12-15/h4-12,18H,3H2,1-2H3/b17-16-. The summed E-state index contributed by atoms with van der Waals surface area (Å²) in [5.74, 6) is 0.235. The molecule has 1 N–H and O–H groups in total. The molecule has 0 saturated heterocycles. The van der Waals surface area contributed by atoms with Crippen LogP contribution in [0, 0.1) is 6.92 Å². The van der Waals surface area contributed by atoms with Crippen LogP contribution in [0.3, 0.4) is 0 Å². The van der Waals surface area contributed by atoms with E-state index in [-0.39, 0.29) is 10.8 Å². The average molecular weight is 318 g/mol. The molecule has 0 aliphatic heterocycles. The summed E-state index contributed by atoms with van der Waals surface area (Å²) in [5.41, 5.74) is 1.69. The predicted molar refractivity (Wildman–Crippen MR) is 86.1 cm³/mol. The number of aryl methyl sites for hydroxylation is 1. The second-order valence-electron chi connectivity index (χ2n) is 4.62. The van der Waals surface area contributed by atoms with E-state index >= 15 is 0 Å². The van der Waals surface area contributed by atoms with Gasteiger partial charge in [0, 0.05) is 5.56 Å². The highest BCUT2D eigenvalue weighted by Gasteiger charge is 2.13. The van der Waals surface area contributed by atoms with Crippen molar-refractivity contribution in [2.45, 2.75) is 18.7 Å². The molecular weight excluding hydrogens is 300 g/mol. The third-order valence-electron chi connectivity index (χ3n) is 2.90. The molecule has 0 amide bonds. The van der Waals surface area contributed by atoms with Gasteiger partial charge in [-0.2, -0.15) is 13.2 Å². The average Bonchev–Trinajstić information content (AvgIpc) is 2.53. The van der Waals surface area contributed by atoms with E-state index in [0.717, 1.165) is 5.56 Å². The molecule has 0 spiro atoms. The van der Waals surface area contributed by atoms with Crippen molar-refractivity contribution < 1.29 is 13.2 Å². The van der Waals surface area contributed by atoms with Crippen LogP contribution in [0.4, 0.5) is 0 Å². The first kappa shape index (κ1) is 16.0. The third-order valence-corrected chi connectivity index (χ3v) is 4.12. The first-order valence-corrected chi connectivity index (χ1v) is 8.35. The van der Waals surface area contributed by atoms with Crippen LogP contribution in [0.25, 0.3) is 0 Å². The van der Waals surface area contributed by atoms with Gasteiger partial charge in [-0.05, 0) is 38.1 Å². The van der Waals surface area contributed by atoms with Crippen molar-refractivity contribution in [1.82, 2.24) is 4.83 Å². The fourth-order valence-electron chi connectivity index (χ4n) is 1.77. The lowest BCUT2D eigenvalue weighted by Crippen LogP contribution is -2.21. The Bertz CT molecular complexity index is 739. The molecule has 0 saturated carbocycles. The molecule has 0 aromatic heterocycles. The zero-order valence-electron chi connectivity index (χ0n) is 12.5. The fourth-order valence-corrected chi connectivity index (χ4v) is 2.57. The maximum Gasteiger partial charge on any atom is 0.276 e. The van der Waals surface area contributed by atoms with Crippen LogP contribution in [-0.4, -0.2) is 20.9 Å². The summed E-state index contributed by atoms with van der Waals surface area (Å²) < 4.78 is 29.8. The minimum absolute atomic E-state index is 0.158. The summed E-state index contributed by atoms with van der Waals surface area (Å²) in [4.78, 5) is 2.37. The van der Waals surface area contributed by atoms with Gasteiger partial charge in [-0.15, -0.1) is 5.10 Å². The van der Waals surface area contributed by atoms with Crippen LogP contribution >= 0.6 is 0 Å². The van der Waals surface area contributed by atoms with Crippen molar-refractivity contribution in [2.75, 3.05) is 6.61 Å². The highest BCUT2D eigenvalue weighted by molar-refractivity contribution is 7.89. The Morgan fingerprint density at radius 3 is 2.32 bits per heavy atom. The second kappa shape index (κ2) is 7.09. The molecular formula is C16H18N2O3S. The van der Waals surface area contributed by atoms with E-state index in [1.54, 1.807) is 24.3 Å². The molecule has 5 nitrogen and oxygen atoms in total. The van der Waals surface area contributed by atoms with Gasteiger partial charge in [0.05, 0.1) is 11.5 Å². The van der Waals surface area contributed by atoms with Gasteiger partial charge < -0.3 is 4.74 Å². The van der Waals surface area contributed by atoms with Crippen molar-refractivity contribution in [2.24, 2.45) is 5.10 Å². The highest BCUT2D eigenvalue weighted by atomic mass is 32.2. The lowest BCUT2D eigenvalue weighted by molar-refractivity contribution is 0.326. The third kappa shape index (κ3) is 4.08. The number of sulfonamides is 1. The van der Waals surface area contributed by atoms with Crippen molar-refractivity contribution in [1.29, 1.82) is 0 Å². The summed E-state index contributed by atoms with van der Waals surface area (Å²) in [6.07, 6.45) is 0. The van der Waals surface area contributed by atoms with Gasteiger partial charge in [-0.1, -0.05) is 35.9 Å². The Balaban J connectivity index is 2.25. The molecule has 2 aromatic rings. The zero-order chi connectivity index (χ0) is 16.0. The molecule has 0 aliphatic carbocycles. The van der Waals surface area contributed by atoms with Gasteiger partial charge in [-0.25, -0.2) is 0 Å². The Morgan fingerprint density at radius 2 is 1.73 bits per heavy atom. The number of ether oxygens (including phenoxy) is 1. The second-order valence-corrected chi connectivity index (χ2v) is 6.28. The molecule has 0 unspecified atom stereocenters. The molecule has 0 heterocycles. The van der Waals surface area contributed by atoms with Crippen LogP contribution in [0.5, 0.6) is 0 Å². The topological polar surface area (TPSA) is 67.8 Å². The van der Waals surface area contributed by atoms with Crippen LogP contribution < -0.4 is 4.83 Å². The molecule has 2 rings (SSSR count). The van der Waals surface area contributed by atoms with E-state index in [1.807, 2.05) is 32.0 Å². The van der Waals surface area contributed by atoms with E-state index in [9.17, 15) is 8.42 Å². The lowest BCUT2D eigenvalue weighted by Gasteiger charge is -2.09. The molecule has 116 valence electrons. The van der Waals surface area contributed by atoms with Crippen molar-refractivity contribution in [3.63, 3.8) is 0 Å². The largest absolute Gasteiger partial charge is 0.477 e. The van der Waals surface area contributed by atoms with E-state index in [2.05, 4.69) is 9.93 Å². The Morgan fingerprint density at radius 1 is 1.09 bits per heavy atom. The number of hydrogen-bond acceptors (Lipinski definition) is 4. The summed E-state index contributed by atoms with van der Waals surface area (Å²) in [7, 11) is -3.72. The summed E-state index contributed by atoms with van der Waals surface area (Å²) in [6.45, 7) is 4.09. The van der Waals surface area contributed by atoms with Crippen LogP contribution in [-0.2, 0) is 14.8 Å².